The summed E-state index contributed by atoms with van der Waals surface area (Å²) < 4.78 is 5.63. The Bertz CT molecular complexity index is 746. The summed E-state index contributed by atoms with van der Waals surface area (Å²) in [5.74, 6) is 1.81. The van der Waals surface area contributed by atoms with Gasteiger partial charge in [0, 0.05) is 0 Å². The molecule has 1 heteroatoms. The van der Waals surface area contributed by atoms with Crippen LogP contribution < -0.4 is 0 Å². The minimum absolute atomic E-state index is 0.666. The van der Waals surface area contributed by atoms with Gasteiger partial charge in [0.15, 0.2) is 0 Å². The molecule has 0 amide bonds. The number of aryl methyl sites for hydroxylation is 1. The Balaban J connectivity index is 1.45. The molecule has 0 N–H and O–H groups in total. The highest BCUT2D eigenvalue weighted by Crippen LogP contribution is 2.33. The quantitative estimate of drug-likeness (QED) is 0.298. The standard InChI is InChI=1S/C28H36O/c1-3-5-21-29-22-26-15-19-28(20-16-26)27-17-13-25(14-18-27)12-11-24-9-7-23(6-4-2)8-10-24/h3-5,13-20,23-24H,2,6-12,21-22H2,1H3/b5-3+. The largest absolute Gasteiger partial charge is 0.373 e. The van der Waals surface area contributed by atoms with Gasteiger partial charge < -0.3 is 4.74 Å². The molecule has 0 bridgehead atoms. The lowest BCUT2D eigenvalue weighted by Gasteiger charge is -2.27. The maximum Gasteiger partial charge on any atom is 0.0721 e. The minimum atomic E-state index is 0.666. The van der Waals surface area contributed by atoms with E-state index >= 15 is 0 Å². The van der Waals surface area contributed by atoms with Gasteiger partial charge in [0.1, 0.15) is 0 Å². The molecular weight excluding hydrogens is 352 g/mol. The first-order chi connectivity index (χ1) is 14.3. The fourth-order valence-corrected chi connectivity index (χ4v) is 4.36. The topological polar surface area (TPSA) is 9.23 Å². The first-order valence-corrected chi connectivity index (χ1v) is 11.3. The Kier molecular flexibility index (Phi) is 8.77. The fourth-order valence-electron chi connectivity index (χ4n) is 4.36. The average Bonchev–Trinajstić information content (AvgIpc) is 2.77. The van der Waals surface area contributed by atoms with Crippen molar-refractivity contribution in [3.63, 3.8) is 0 Å². The van der Waals surface area contributed by atoms with Crippen molar-refractivity contribution in [3.8, 4) is 11.1 Å². The number of benzene rings is 2. The number of ether oxygens (including phenoxy) is 1. The van der Waals surface area contributed by atoms with E-state index in [2.05, 4.69) is 61.2 Å². The van der Waals surface area contributed by atoms with Crippen molar-refractivity contribution in [2.24, 2.45) is 11.8 Å². The molecule has 1 aliphatic carbocycles. The second-order valence-electron chi connectivity index (χ2n) is 8.43. The number of allylic oxidation sites excluding steroid dienone is 2. The first-order valence-electron chi connectivity index (χ1n) is 11.3. The molecule has 2 aromatic rings. The fraction of sp³-hybridized carbons (Fsp3) is 0.429. The molecule has 0 aromatic heterocycles. The van der Waals surface area contributed by atoms with Gasteiger partial charge in [-0.1, -0.05) is 79.6 Å². The summed E-state index contributed by atoms with van der Waals surface area (Å²) >= 11 is 0. The van der Waals surface area contributed by atoms with Gasteiger partial charge in [-0.3, -0.25) is 0 Å². The molecule has 0 unspecified atom stereocenters. The van der Waals surface area contributed by atoms with Crippen LogP contribution in [0.25, 0.3) is 11.1 Å². The van der Waals surface area contributed by atoms with Gasteiger partial charge in [-0.2, -0.15) is 0 Å². The van der Waals surface area contributed by atoms with Crippen LogP contribution in [0.15, 0.2) is 73.3 Å². The minimum Gasteiger partial charge on any atom is -0.373 e. The zero-order valence-corrected chi connectivity index (χ0v) is 18.0. The summed E-state index contributed by atoms with van der Waals surface area (Å²) in [6.07, 6.45) is 15.5. The van der Waals surface area contributed by atoms with E-state index in [4.69, 9.17) is 4.74 Å². The predicted molar refractivity (Wildman–Crippen MR) is 125 cm³/mol. The normalized spacial score (nSPS) is 19.5. The third kappa shape index (κ3) is 7.01. The molecule has 0 heterocycles. The lowest BCUT2D eigenvalue weighted by atomic mass is 9.78. The van der Waals surface area contributed by atoms with Crippen LogP contribution in [0, 0.1) is 11.8 Å². The van der Waals surface area contributed by atoms with Gasteiger partial charge in [0.05, 0.1) is 13.2 Å². The van der Waals surface area contributed by atoms with Crippen molar-refractivity contribution in [2.75, 3.05) is 6.61 Å². The van der Waals surface area contributed by atoms with Crippen molar-refractivity contribution in [1.29, 1.82) is 0 Å². The van der Waals surface area contributed by atoms with E-state index in [9.17, 15) is 0 Å². The van der Waals surface area contributed by atoms with Crippen LogP contribution in [0.3, 0.4) is 0 Å². The van der Waals surface area contributed by atoms with E-state index in [1.54, 1.807) is 0 Å². The second-order valence-corrected chi connectivity index (χ2v) is 8.43. The maximum atomic E-state index is 5.63. The van der Waals surface area contributed by atoms with Crippen molar-refractivity contribution in [2.45, 2.75) is 58.5 Å². The van der Waals surface area contributed by atoms with Crippen LogP contribution in [0.2, 0.25) is 0 Å². The summed E-state index contributed by atoms with van der Waals surface area (Å²) in [4.78, 5) is 0. The molecule has 154 valence electrons. The van der Waals surface area contributed by atoms with Gasteiger partial charge in [-0.25, -0.2) is 0 Å². The zero-order chi connectivity index (χ0) is 20.3. The molecule has 0 atom stereocenters. The number of rotatable bonds is 10. The van der Waals surface area contributed by atoms with Gasteiger partial charge >= 0.3 is 0 Å². The smallest absolute Gasteiger partial charge is 0.0721 e. The van der Waals surface area contributed by atoms with E-state index in [0.717, 1.165) is 11.8 Å². The molecule has 1 saturated carbocycles. The van der Waals surface area contributed by atoms with E-state index in [1.165, 1.54) is 67.2 Å². The van der Waals surface area contributed by atoms with Crippen molar-refractivity contribution in [3.05, 3.63) is 84.5 Å². The zero-order valence-electron chi connectivity index (χ0n) is 18.0. The molecule has 1 fully saturated rings. The predicted octanol–water partition coefficient (Wildman–Crippen LogP) is 7.76. The number of hydrogen-bond acceptors (Lipinski definition) is 1. The van der Waals surface area contributed by atoms with E-state index in [-0.39, 0.29) is 0 Å². The Morgan fingerprint density at radius 1 is 0.862 bits per heavy atom. The number of hydrogen-bond donors (Lipinski definition) is 0. The van der Waals surface area contributed by atoms with Crippen molar-refractivity contribution in [1.82, 2.24) is 0 Å². The van der Waals surface area contributed by atoms with E-state index in [1.807, 2.05) is 19.1 Å². The van der Waals surface area contributed by atoms with Crippen LogP contribution in [0.5, 0.6) is 0 Å². The summed E-state index contributed by atoms with van der Waals surface area (Å²) in [5, 5.41) is 0. The Hall–Kier alpha value is -2.12. The monoisotopic (exact) mass is 388 g/mol. The third-order valence-electron chi connectivity index (χ3n) is 6.27. The van der Waals surface area contributed by atoms with Crippen LogP contribution >= 0.6 is 0 Å². The van der Waals surface area contributed by atoms with Crippen LogP contribution in [0.4, 0.5) is 0 Å². The molecule has 0 spiro atoms. The molecule has 0 radical (unpaired) electrons. The Labute approximate surface area is 177 Å². The van der Waals surface area contributed by atoms with E-state index < -0.39 is 0 Å². The Morgan fingerprint density at radius 3 is 2.03 bits per heavy atom. The molecular formula is C28H36O. The molecule has 2 aromatic carbocycles. The molecule has 0 aliphatic heterocycles. The van der Waals surface area contributed by atoms with Crippen LogP contribution in [-0.4, -0.2) is 6.61 Å². The summed E-state index contributed by atoms with van der Waals surface area (Å²) in [6.45, 7) is 7.25. The lowest BCUT2D eigenvalue weighted by molar-refractivity contribution is 0.148. The summed E-state index contributed by atoms with van der Waals surface area (Å²) in [5.41, 5.74) is 5.25. The lowest BCUT2D eigenvalue weighted by Crippen LogP contribution is -2.14. The third-order valence-corrected chi connectivity index (χ3v) is 6.27. The van der Waals surface area contributed by atoms with Crippen LogP contribution in [0.1, 0.15) is 56.6 Å². The van der Waals surface area contributed by atoms with E-state index in [0.29, 0.717) is 13.2 Å². The summed E-state index contributed by atoms with van der Waals surface area (Å²) in [6, 6.07) is 17.9. The highest BCUT2D eigenvalue weighted by Gasteiger charge is 2.19. The maximum absolute atomic E-state index is 5.63. The first kappa shape index (κ1) is 21.6. The van der Waals surface area contributed by atoms with Crippen molar-refractivity contribution < 1.29 is 4.74 Å². The van der Waals surface area contributed by atoms with Gasteiger partial charge in [-0.05, 0) is 73.1 Å². The van der Waals surface area contributed by atoms with Crippen molar-refractivity contribution >= 4 is 0 Å². The SMILES string of the molecule is C=CCC1CCC(CCc2ccc(-c3ccc(COC/C=C/C)cc3)cc2)CC1. The Morgan fingerprint density at radius 2 is 1.45 bits per heavy atom. The second kappa shape index (κ2) is 11.8. The average molecular weight is 389 g/mol. The molecule has 29 heavy (non-hydrogen) atoms. The van der Waals surface area contributed by atoms with Gasteiger partial charge in [0.25, 0.3) is 0 Å². The molecule has 1 nitrogen and oxygen atoms in total. The highest BCUT2D eigenvalue weighted by atomic mass is 16.5. The summed E-state index contributed by atoms with van der Waals surface area (Å²) in [7, 11) is 0. The molecule has 3 rings (SSSR count). The van der Waals surface area contributed by atoms with Gasteiger partial charge in [0.2, 0.25) is 0 Å². The highest BCUT2D eigenvalue weighted by molar-refractivity contribution is 5.63. The van der Waals surface area contributed by atoms with Crippen LogP contribution in [-0.2, 0) is 17.8 Å². The van der Waals surface area contributed by atoms with Gasteiger partial charge in [-0.15, -0.1) is 6.58 Å². The molecule has 0 saturated heterocycles. The molecule has 1 aliphatic rings.